The van der Waals surface area contributed by atoms with Gasteiger partial charge in [-0.25, -0.2) is 0 Å². The van der Waals surface area contributed by atoms with E-state index in [1.165, 1.54) is 5.57 Å². The quantitative estimate of drug-likeness (QED) is 0.258. The number of ether oxygens (including phenoxy) is 2. The third-order valence-corrected chi connectivity index (χ3v) is 14.1. The van der Waals surface area contributed by atoms with Gasteiger partial charge in [0.1, 0.15) is 0 Å². The van der Waals surface area contributed by atoms with Gasteiger partial charge in [0, 0.05) is 25.0 Å². The van der Waals surface area contributed by atoms with Crippen molar-refractivity contribution >= 4 is 0 Å². The first-order chi connectivity index (χ1) is 18.2. The summed E-state index contributed by atoms with van der Waals surface area (Å²) in [6.07, 6.45) is 5.04. The Morgan fingerprint density at radius 3 is 2.28 bits per heavy atom. The zero-order valence-electron chi connectivity index (χ0n) is 26.6. The summed E-state index contributed by atoms with van der Waals surface area (Å²) in [6.45, 7) is 22.9. The van der Waals surface area contributed by atoms with E-state index < -0.39 is 18.3 Å². The van der Waals surface area contributed by atoms with Crippen LogP contribution in [-0.4, -0.2) is 60.6 Å². The lowest BCUT2D eigenvalue weighted by atomic mass is 9.30. The molecule has 0 aliphatic heterocycles. The van der Waals surface area contributed by atoms with Gasteiger partial charge < -0.3 is 24.8 Å². The summed E-state index contributed by atoms with van der Waals surface area (Å²) in [5.74, 6) is 2.24. The second-order valence-corrected chi connectivity index (χ2v) is 15.1. The summed E-state index contributed by atoms with van der Waals surface area (Å²) >= 11 is 0. The van der Waals surface area contributed by atoms with Crippen LogP contribution in [0.2, 0.25) is 0 Å². The van der Waals surface area contributed by atoms with Crippen molar-refractivity contribution in [3.8, 4) is 0 Å². The van der Waals surface area contributed by atoms with Crippen molar-refractivity contribution in [2.24, 2.45) is 69.5 Å². The fourth-order valence-corrected chi connectivity index (χ4v) is 11.5. The first kappa shape index (κ1) is 31.5. The van der Waals surface area contributed by atoms with E-state index in [1.807, 2.05) is 6.92 Å². The summed E-state index contributed by atoms with van der Waals surface area (Å²) in [7, 11) is 1.70. The number of aliphatic hydroxyl groups excluding tert-OH is 3. The van der Waals surface area contributed by atoms with Gasteiger partial charge in [-0.1, -0.05) is 67.0 Å². The summed E-state index contributed by atoms with van der Waals surface area (Å²) in [5, 5.41) is 35.3. The highest BCUT2D eigenvalue weighted by Crippen LogP contribution is 2.75. The van der Waals surface area contributed by atoms with Crippen LogP contribution in [0, 0.1) is 69.5 Å². The minimum atomic E-state index is -0.592. The zero-order chi connectivity index (χ0) is 29.1. The highest BCUT2D eigenvalue weighted by atomic mass is 16.5. The molecule has 5 heteroatoms. The molecule has 3 N–H and O–H groups in total. The molecule has 3 saturated carbocycles. The predicted octanol–water partition coefficient (Wildman–Crippen LogP) is 5.96. The van der Waals surface area contributed by atoms with Gasteiger partial charge >= 0.3 is 0 Å². The molecule has 0 bridgehead atoms. The van der Waals surface area contributed by atoms with Crippen molar-refractivity contribution in [3.05, 3.63) is 11.6 Å². The molecule has 39 heavy (non-hydrogen) atoms. The Kier molecular flexibility index (Phi) is 9.14. The van der Waals surface area contributed by atoms with Gasteiger partial charge in [-0.15, -0.1) is 0 Å². The number of aliphatic hydroxyl groups is 3. The minimum absolute atomic E-state index is 0.0222. The summed E-state index contributed by atoms with van der Waals surface area (Å²) in [5.41, 5.74) is 1.00. The standard InChI is InChI=1S/C34H60O5/c1-19-18-32(7)24(6)33(8)21(3)26-14-13-25(12-11-15-39-17-16-38-10)20(2)28(26)30(36)29(33)22(4)34(32,9)31(37)27(19)23(5)35/h13,19-24,26-31,35-37H,11-12,14-18H2,1-10H3. The molecular weight excluding hydrogens is 488 g/mol. The van der Waals surface area contributed by atoms with Gasteiger partial charge in [0.05, 0.1) is 31.5 Å². The van der Waals surface area contributed by atoms with E-state index in [2.05, 4.69) is 61.5 Å². The van der Waals surface area contributed by atoms with E-state index in [9.17, 15) is 15.3 Å². The normalized spacial score (nSPS) is 52.3. The van der Waals surface area contributed by atoms with Crippen molar-refractivity contribution in [1.29, 1.82) is 0 Å². The largest absolute Gasteiger partial charge is 0.393 e. The first-order valence-corrected chi connectivity index (χ1v) is 16.0. The summed E-state index contributed by atoms with van der Waals surface area (Å²) in [4.78, 5) is 0. The monoisotopic (exact) mass is 548 g/mol. The van der Waals surface area contributed by atoms with Crippen LogP contribution >= 0.6 is 0 Å². The molecule has 4 rings (SSSR count). The van der Waals surface area contributed by atoms with Crippen LogP contribution in [0.1, 0.15) is 88.0 Å². The lowest BCUT2D eigenvalue weighted by molar-refractivity contribution is -0.311. The van der Waals surface area contributed by atoms with Crippen LogP contribution in [0.5, 0.6) is 0 Å². The van der Waals surface area contributed by atoms with Gasteiger partial charge in [-0.05, 0) is 90.8 Å². The van der Waals surface area contributed by atoms with Crippen LogP contribution in [0.15, 0.2) is 11.6 Å². The molecule has 3 fully saturated rings. The molecule has 226 valence electrons. The summed E-state index contributed by atoms with van der Waals surface area (Å²) in [6, 6.07) is 0. The minimum Gasteiger partial charge on any atom is -0.393 e. The fourth-order valence-electron chi connectivity index (χ4n) is 11.5. The Labute approximate surface area is 239 Å². The molecule has 0 spiro atoms. The second-order valence-electron chi connectivity index (χ2n) is 15.1. The van der Waals surface area contributed by atoms with Crippen LogP contribution in [0.3, 0.4) is 0 Å². The average Bonchev–Trinajstić information content (AvgIpc) is 2.87. The van der Waals surface area contributed by atoms with E-state index in [0.29, 0.717) is 36.9 Å². The van der Waals surface area contributed by atoms with Crippen molar-refractivity contribution < 1.29 is 24.8 Å². The first-order valence-electron chi connectivity index (χ1n) is 16.0. The maximum atomic E-state index is 12.4. The van der Waals surface area contributed by atoms with Crippen molar-refractivity contribution in [1.82, 2.24) is 0 Å². The van der Waals surface area contributed by atoms with Gasteiger partial charge in [-0.3, -0.25) is 0 Å². The maximum Gasteiger partial charge on any atom is 0.0700 e. The molecular formula is C34H60O5. The third-order valence-electron chi connectivity index (χ3n) is 14.1. The number of allylic oxidation sites excluding steroid dienone is 2. The summed E-state index contributed by atoms with van der Waals surface area (Å²) < 4.78 is 10.8. The molecule has 0 heterocycles. The second kappa shape index (κ2) is 11.3. The highest BCUT2D eigenvalue weighted by molar-refractivity contribution is 5.24. The number of fused-ring (bicyclic) bond motifs is 3. The lowest BCUT2D eigenvalue weighted by Crippen LogP contribution is -2.74. The molecule has 0 saturated heterocycles. The SMILES string of the molecule is COCCOCCCC1=CCC2C(C1C)C(O)C1C(C)C3(C)C(O)C(C(C)O)C(C)CC3(C)C(C)C1(C)C2C. The molecule has 0 aromatic carbocycles. The lowest BCUT2D eigenvalue weighted by Gasteiger charge is -2.75. The molecule has 15 atom stereocenters. The van der Waals surface area contributed by atoms with Crippen molar-refractivity contribution in [3.63, 3.8) is 0 Å². The van der Waals surface area contributed by atoms with Gasteiger partial charge in [0.25, 0.3) is 0 Å². The number of methoxy groups -OCH3 is 1. The third kappa shape index (κ3) is 4.51. The maximum absolute atomic E-state index is 12.4. The van der Waals surface area contributed by atoms with E-state index in [1.54, 1.807) is 7.11 Å². The molecule has 0 radical (unpaired) electrons. The zero-order valence-corrected chi connectivity index (χ0v) is 26.6. The van der Waals surface area contributed by atoms with Crippen molar-refractivity contribution in [2.75, 3.05) is 26.9 Å². The Hall–Kier alpha value is -0.460. The molecule has 5 nitrogen and oxygen atoms in total. The van der Waals surface area contributed by atoms with E-state index in [4.69, 9.17) is 9.47 Å². The fraction of sp³-hybridized carbons (Fsp3) is 0.941. The molecule has 0 amide bonds. The predicted molar refractivity (Wildman–Crippen MR) is 157 cm³/mol. The van der Waals surface area contributed by atoms with Crippen LogP contribution < -0.4 is 0 Å². The van der Waals surface area contributed by atoms with E-state index in [-0.39, 0.29) is 45.8 Å². The molecule has 4 aliphatic rings. The Morgan fingerprint density at radius 2 is 1.67 bits per heavy atom. The van der Waals surface area contributed by atoms with Gasteiger partial charge in [0.15, 0.2) is 0 Å². The molecule has 15 unspecified atom stereocenters. The van der Waals surface area contributed by atoms with Crippen molar-refractivity contribution in [2.45, 2.75) is 106 Å². The Balaban J connectivity index is 1.66. The van der Waals surface area contributed by atoms with E-state index >= 15 is 0 Å². The molecule has 4 aliphatic carbocycles. The number of hydrogen-bond donors (Lipinski definition) is 3. The van der Waals surface area contributed by atoms with Gasteiger partial charge in [-0.2, -0.15) is 0 Å². The van der Waals surface area contributed by atoms with Crippen LogP contribution in [-0.2, 0) is 9.47 Å². The smallest absolute Gasteiger partial charge is 0.0700 e. The van der Waals surface area contributed by atoms with Crippen LogP contribution in [0.25, 0.3) is 0 Å². The topological polar surface area (TPSA) is 79.2 Å². The van der Waals surface area contributed by atoms with E-state index in [0.717, 1.165) is 32.3 Å². The number of rotatable bonds is 8. The molecule has 0 aromatic heterocycles. The van der Waals surface area contributed by atoms with Crippen LogP contribution in [0.4, 0.5) is 0 Å². The number of hydrogen-bond acceptors (Lipinski definition) is 5. The molecule has 0 aromatic rings. The van der Waals surface area contributed by atoms with Gasteiger partial charge in [0.2, 0.25) is 0 Å². The Morgan fingerprint density at radius 1 is 1.00 bits per heavy atom. The Bertz CT molecular complexity index is 887. The average molecular weight is 549 g/mol. The highest BCUT2D eigenvalue weighted by Gasteiger charge is 2.73.